The van der Waals surface area contributed by atoms with Crippen LogP contribution in [-0.4, -0.2) is 15.9 Å². The average Bonchev–Trinajstić information content (AvgIpc) is 3.05. The number of ether oxygens (including phenoxy) is 1. The van der Waals surface area contributed by atoms with Crippen molar-refractivity contribution in [3.05, 3.63) is 98.2 Å². The molecule has 0 radical (unpaired) electrons. The molecule has 0 aliphatic rings. The topological polar surface area (TPSA) is 72.0 Å². The number of aromatic nitrogens is 2. The molecule has 5 nitrogen and oxygen atoms in total. The van der Waals surface area contributed by atoms with E-state index in [1.54, 1.807) is 25.1 Å². The quantitative estimate of drug-likeness (QED) is 0.498. The number of H-pyrrole nitrogens is 1. The van der Waals surface area contributed by atoms with Crippen molar-refractivity contribution < 1.29 is 13.9 Å². The van der Waals surface area contributed by atoms with Crippen molar-refractivity contribution in [2.45, 2.75) is 20.0 Å². The molecular weight excluding hydrogens is 391 g/mol. The maximum absolute atomic E-state index is 13.9. The van der Waals surface area contributed by atoms with Gasteiger partial charge in [0, 0.05) is 6.42 Å². The Hall–Kier alpha value is -3.32. The number of hydrogen-bond donors (Lipinski definition) is 1. The van der Waals surface area contributed by atoms with Gasteiger partial charge in [-0.1, -0.05) is 48.5 Å². The minimum atomic E-state index is -0.496. The monoisotopic (exact) mass is 408 g/mol. The summed E-state index contributed by atoms with van der Waals surface area (Å²) in [6.45, 7) is 1.85. The van der Waals surface area contributed by atoms with E-state index in [0.717, 1.165) is 16.9 Å². The van der Waals surface area contributed by atoms with Crippen molar-refractivity contribution in [2.24, 2.45) is 0 Å². The van der Waals surface area contributed by atoms with E-state index in [1.165, 1.54) is 6.07 Å². The van der Waals surface area contributed by atoms with Crippen LogP contribution in [0.1, 0.15) is 32.2 Å². The number of esters is 1. The molecule has 0 aliphatic carbocycles. The molecule has 0 fully saturated rings. The van der Waals surface area contributed by atoms with Gasteiger partial charge >= 0.3 is 5.97 Å². The molecule has 2 heterocycles. The van der Waals surface area contributed by atoms with Gasteiger partial charge in [-0.25, -0.2) is 14.2 Å². The molecular formula is C22H17FN2O3S. The van der Waals surface area contributed by atoms with E-state index < -0.39 is 5.97 Å². The second-order valence-electron chi connectivity index (χ2n) is 6.58. The van der Waals surface area contributed by atoms with Gasteiger partial charge in [-0.05, 0) is 29.7 Å². The number of thiophene rings is 1. The Balaban J connectivity index is 1.62. The van der Waals surface area contributed by atoms with Crippen LogP contribution in [-0.2, 0) is 17.8 Å². The van der Waals surface area contributed by atoms with E-state index in [2.05, 4.69) is 9.97 Å². The van der Waals surface area contributed by atoms with Crippen LogP contribution in [0, 0.1) is 12.7 Å². The van der Waals surface area contributed by atoms with Gasteiger partial charge in [0.1, 0.15) is 28.0 Å². The summed E-state index contributed by atoms with van der Waals surface area (Å²) < 4.78 is 19.3. The third kappa shape index (κ3) is 3.95. The Kier molecular flexibility index (Phi) is 5.22. The number of aromatic amines is 1. The van der Waals surface area contributed by atoms with Crippen LogP contribution in [0.4, 0.5) is 4.39 Å². The van der Waals surface area contributed by atoms with Gasteiger partial charge in [0.25, 0.3) is 5.56 Å². The van der Waals surface area contributed by atoms with E-state index in [-0.39, 0.29) is 24.4 Å². The Morgan fingerprint density at radius 3 is 2.62 bits per heavy atom. The highest BCUT2D eigenvalue weighted by molar-refractivity contribution is 7.20. The fourth-order valence-corrected chi connectivity index (χ4v) is 4.17. The van der Waals surface area contributed by atoms with Gasteiger partial charge in [-0.3, -0.25) is 4.79 Å². The second kappa shape index (κ2) is 7.97. The zero-order chi connectivity index (χ0) is 20.4. The van der Waals surface area contributed by atoms with Crippen LogP contribution >= 0.6 is 11.3 Å². The number of hydrogen-bond acceptors (Lipinski definition) is 5. The Morgan fingerprint density at radius 2 is 1.86 bits per heavy atom. The number of carbonyl (C=O) groups is 1. The molecule has 2 aromatic heterocycles. The molecule has 0 spiro atoms. The number of halogens is 1. The fraction of sp³-hybridized carbons (Fsp3) is 0.136. The van der Waals surface area contributed by atoms with Crippen molar-refractivity contribution in [1.29, 1.82) is 0 Å². The summed E-state index contributed by atoms with van der Waals surface area (Å²) in [4.78, 5) is 33.0. The summed E-state index contributed by atoms with van der Waals surface area (Å²) in [5.74, 6) is -0.509. The first kappa shape index (κ1) is 19.0. The van der Waals surface area contributed by atoms with E-state index >= 15 is 0 Å². The Morgan fingerprint density at radius 1 is 1.14 bits per heavy atom. The molecule has 0 unspecified atom stereocenters. The van der Waals surface area contributed by atoms with Crippen LogP contribution in [0.5, 0.6) is 0 Å². The molecule has 4 rings (SSSR count). The zero-order valence-corrected chi connectivity index (χ0v) is 16.4. The lowest BCUT2D eigenvalue weighted by atomic mass is 10.1. The highest BCUT2D eigenvalue weighted by atomic mass is 32.1. The minimum absolute atomic E-state index is 0.148. The smallest absolute Gasteiger partial charge is 0.349 e. The fourth-order valence-electron chi connectivity index (χ4n) is 3.08. The van der Waals surface area contributed by atoms with Crippen LogP contribution < -0.4 is 5.56 Å². The Labute approximate surface area is 169 Å². The van der Waals surface area contributed by atoms with Gasteiger partial charge in [-0.2, -0.15) is 0 Å². The first-order valence-electron chi connectivity index (χ1n) is 8.99. The van der Waals surface area contributed by atoms with Crippen molar-refractivity contribution in [3.63, 3.8) is 0 Å². The van der Waals surface area contributed by atoms with Gasteiger partial charge < -0.3 is 9.72 Å². The van der Waals surface area contributed by atoms with Crippen molar-refractivity contribution in [1.82, 2.24) is 9.97 Å². The molecule has 0 aliphatic heterocycles. The molecule has 7 heteroatoms. The zero-order valence-electron chi connectivity index (χ0n) is 15.6. The molecule has 0 saturated carbocycles. The predicted molar refractivity (Wildman–Crippen MR) is 110 cm³/mol. The highest BCUT2D eigenvalue weighted by Gasteiger charge is 2.20. The summed E-state index contributed by atoms with van der Waals surface area (Å²) in [6, 6.07) is 15.7. The second-order valence-corrected chi connectivity index (χ2v) is 7.58. The summed E-state index contributed by atoms with van der Waals surface area (Å²) in [6.07, 6.45) is 0.155. The molecule has 0 saturated heterocycles. The van der Waals surface area contributed by atoms with Crippen molar-refractivity contribution in [2.75, 3.05) is 0 Å². The molecule has 146 valence electrons. The first-order chi connectivity index (χ1) is 14.0. The highest BCUT2D eigenvalue weighted by Crippen LogP contribution is 2.28. The van der Waals surface area contributed by atoms with Gasteiger partial charge in [0.05, 0.1) is 5.39 Å². The lowest BCUT2D eigenvalue weighted by Gasteiger charge is -2.04. The molecule has 0 bridgehead atoms. The molecule has 2 aromatic carbocycles. The number of aryl methyl sites for hydroxylation is 1. The molecule has 0 amide bonds. The van der Waals surface area contributed by atoms with Crippen LogP contribution in [0.2, 0.25) is 0 Å². The lowest BCUT2D eigenvalue weighted by Crippen LogP contribution is -2.12. The normalized spacial score (nSPS) is 11.0. The van der Waals surface area contributed by atoms with Crippen LogP contribution in [0.25, 0.3) is 10.2 Å². The lowest BCUT2D eigenvalue weighted by molar-refractivity contribution is 0.0478. The largest absolute Gasteiger partial charge is 0.457 e. The van der Waals surface area contributed by atoms with E-state index in [4.69, 9.17) is 4.74 Å². The van der Waals surface area contributed by atoms with E-state index in [0.29, 0.717) is 32.0 Å². The summed E-state index contributed by atoms with van der Waals surface area (Å²) in [5, 5.41) is 0.360. The number of carbonyl (C=O) groups excluding carboxylic acids is 1. The summed E-state index contributed by atoms with van der Waals surface area (Å²) in [5.41, 5.74) is 1.50. The number of nitrogens with zero attached hydrogens (tertiary/aromatic N) is 1. The Bertz CT molecular complexity index is 1250. The minimum Gasteiger partial charge on any atom is -0.457 e. The first-order valence-corrected chi connectivity index (χ1v) is 9.81. The average molecular weight is 408 g/mol. The molecule has 29 heavy (non-hydrogen) atoms. The predicted octanol–water partition coefficient (Wildman–Crippen LogP) is 4.38. The van der Waals surface area contributed by atoms with Crippen molar-refractivity contribution in [3.8, 4) is 0 Å². The van der Waals surface area contributed by atoms with Crippen LogP contribution in [0.15, 0.2) is 59.4 Å². The maximum Gasteiger partial charge on any atom is 0.349 e. The number of benzene rings is 2. The van der Waals surface area contributed by atoms with E-state index in [1.807, 2.05) is 30.3 Å². The molecule has 4 aromatic rings. The van der Waals surface area contributed by atoms with E-state index in [9.17, 15) is 14.0 Å². The van der Waals surface area contributed by atoms with Gasteiger partial charge in [0.15, 0.2) is 0 Å². The molecule has 1 N–H and O–H groups in total. The third-order valence-electron chi connectivity index (χ3n) is 4.56. The maximum atomic E-state index is 13.9. The standard InChI is InChI=1S/C22H17FN2O3S/c1-13-18-20(26)24-17(11-15-9-5-6-10-16(15)23)25-21(18)29-19(13)22(27)28-12-14-7-3-2-4-8-14/h2-10H,11-12H2,1H3,(H,24,25,26). The summed E-state index contributed by atoms with van der Waals surface area (Å²) >= 11 is 1.11. The van der Waals surface area contributed by atoms with Gasteiger partial charge in [-0.15, -0.1) is 11.3 Å². The van der Waals surface area contributed by atoms with Crippen molar-refractivity contribution >= 4 is 27.5 Å². The number of fused-ring (bicyclic) bond motifs is 1. The third-order valence-corrected chi connectivity index (χ3v) is 5.73. The number of nitrogens with one attached hydrogen (secondary N) is 1. The summed E-state index contributed by atoms with van der Waals surface area (Å²) in [7, 11) is 0. The SMILES string of the molecule is Cc1c(C(=O)OCc2ccccc2)sc2nc(Cc3ccccc3F)[nH]c(=O)c12. The van der Waals surface area contributed by atoms with Crippen LogP contribution in [0.3, 0.4) is 0 Å². The number of rotatable bonds is 5. The van der Waals surface area contributed by atoms with Gasteiger partial charge in [0.2, 0.25) is 0 Å². The molecule has 0 atom stereocenters.